The van der Waals surface area contributed by atoms with E-state index >= 15 is 0 Å². The van der Waals surface area contributed by atoms with E-state index < -0.39 is 0 Å². The number of nitrogens with one attached hydrogen (secondary N) is 2. The number of aliphatic imine (C=N–C) groups is 1. The van der Waals surface area contributed by atoms with E-state index in [1.165, 1.54) is 11.3 Å². The topological polar surface area (TPSA) is 82.3 Å². The van der Waals surface area contributed by atoms with Crippen molar-refractivity contribution >= 4 is 23.4 Å². The summed E-state index contributed by atoms with van der Waals surface area (Å²) in [6.45, 7) is 1.56. The van der Waals surface area contributed by atoms with Crippen molar-refractivity contribution in [2.24, 2.45) is 10.7 Å². The smallest absolute Gasteiger partial charge is 0.188 e. The largest absolute Gasteiger partial charge is 0.378 e. The first-order valence-electron chi connectivity index (χ1n) is 8.50. The number of H-pyrrole nitrogens is 1. The van der Waals surface area contributed by atoms with Crippen molar-refractivity contribution in [2.45, 2.75) is 18.6 Å². The third-order valence-corrected chi connectivity index (χ3v) is 4.75. The fourth-order valence-corrected chi connectivity index (χ4v) is 3.10. The highest BCUT2D eigenvalue weighted by molar-refractivity contribution is 7.98. The molecule has 4 N–H and O–H groups in total. The van der Waals surface area contributed by atoms with Crippen LogP contribution in [0.1, 0.15) is 17.7 Å². The van der Waals surface area contributed by atoms with E-state index in [9.17, 15) is 0 Å². The summed E-state index contributed by atoms with van der Waals surface area (Å²) in [6, 6.07) is 8.68. The Hall–Kier alpha value is -2.15. The van der Waals surface area contributed by atoms with E-state index in [4.69, 9.17) is 5.73 Å². The molecule has 6 nitrogen and oxygen atoms in total. The molecule has 2 aromatic rings. The van der Waals surface area contributed by atoms with E-state index in [2.05, 4.69) is 63.5 Å². The lowest BCUT2D eigenvalue weighted by Crippen LogP contribution is -2.33. The Balaban J connectivity index is 1.53. The van der Waals surface area contributed by atoms with Crippen molar-refractivity contribution in [1.29, 1.82) is 0 Å². The number of benzene rings is 1. The van der Waals surface area contributed by atoms with Crippen LogP contribution in [0.3, 0.4) is 0 Å². The molecule has 0 saturated heterocycles. The first-order valence-corrected chi connectivity index (χ1v) is 9.65. The standard InChI is InChI=1S/C18H28N6S/c1-24(2)17-7-5-15(6-8-17)13-25-11-10-22-18(19)21-9-3-4-16-12-20-14-23-16/h5-8,12,14H,3-4,9-11,13H2,1-2H3,(H,20,23)(H3,19,21,22). The zero-order valence-corrected chi connectivity index (χ0v) is 15.9. The van der Waals surface area contributed by atoms with E-state index in [1.807, 2.05) is 18.0 Å². The third-order valence-electron chi connectivity index (χ3n) is 3.72. The Labute approximate surface area is 154 Å². The van der Waals surface area contributed by atoms with Crippen LogP contribution in [0.2, 0.25) is 0 Å². The normalized spacial score (nSPS) is 11.5. The molecule has 2 rings (SSSR count). The van der Waals surface area contributed by atoms with Crippen LogP contribution in [0.15, 0.2) is 41.8 Å². The molecule has 0 atom stereocenters. The lowest BCUT2D eigenvalue weighted by molar-refractivity contribution is 0.806. The van der Waals surface area contributed by atoms with Crippen LogP contribution in [0.25, 0.3) is 0 Å². The summed E-state index contributed by atoms with van der Waals surface area (Å²) in [5, 5.41) is 3.17. The number of rotatable bonds is 10. The Kier molecular flexibility index (Phi) is 8.18. The van der Waals surface area contributed by atoms with Gasteiger partial charge in [0.2, 0.25) is 0 Å². The highest BCUT2D eigenvalue weighted by Gasteiger charge is 1.98. The van der Waals surface area contributed by atoms with Crippen LogP contribution in [0, 0.1) is 0 Å². The highest BCUT2D eigenvalue weighted by atomic mass is 32.2. The van der Waals surface area contributed by atoms with Gasteiger partial charge in [-0.1, -0.05) is 12.1 Å². The zero-order valence-electron chi connectivity index (χ0n) is 15.0. The van der Waals surface area contributed by atoms with Crippen molar-refractivity contribution in [3.63, 3.8) is 0 Å². The van der Waals surface area contributed by atoms with Gasteiger partial charge in [0.1, 0.15) is 0 Å². The molecule has 1 heterocycles. The molecule has 0 radical (unpaired) electrons. The minimum absolute atomic E-state index is 0.528. The average molecular weight is 361 g/mol. The van der Waals surface area contributed by atoms with Crippen molar-refractivity contribution < 1.29 is 0 Å². The van der Waals surface area contributed by atoms with Gasteiger partial charge in [-0.3, -0.25) is 4.99 Å². The quantitative estimate of drug-likeness (QED) is 0.344. The minimum atomic E-state index is 0.528. The fourth-order valence-electron chi connectivity index (χ4n) is 2.28. The second-order valence-electron chi connectivity index (χ2n) is 5.99. The lowest BCUT2D eigenvalue weighted by atomic mass is 10.2. The number of aromatic amines is 1. The molecule has 136 valence electrons. The van der Waals surface area contributed by atoms with Gasteiger partial charge in [0.05, 0.1) is 6.33 Å². The number of guanidine groups is 1. The van der Waals surface area contributed by atoms with Gasteiger partial charge in [0, 0.05) is 56.3 Å². The average Bonchev–Trinajstić information content (AvgIpc) is 3.12. The number of nitrogens with zero attached hydrogens (tertiary/aromatic N) is 3. The van der Waals surface area contributed by atoms with Crippen LogP contribution in [-0.2, 0) is 12.2 Å². The molecule has 0 bridgehead atoms. The molecule has 0 saturated carbocycles. The van der Waals surface area contributed by atoms with Crippen LogP contribution >= 0.6 is 11.8 Å². The van der Waals surface area contributed by atoms with Gasteiger partial charge in [-0.15, -0.1) is 0 Å². The molecule has 0 spiro atoms. The van der Waals surface area contributed by atoms with Crippen molar-refractivity contribution in [3.05, 3.63) is 48.0 Å². The number of hydrogen-bond acceptors (Lipinski definition) is 4. The summed E-state index contributed by atoms with van der Waals surface area (Å²) in [6.07, 6.45) is 5.45. The van der Waals surface area contributed by atoms with Gasteiger partial charge < -0.3 is 20.9 Å². The molecule has 0 unspecified atom stereocenters. The Bertz CT molecular complexity index is 622. The maximum absolute atomic E-state index is 5.88. The monoisotopic (exact) mass is 360 g/mol. The number of hydrogen-bond donors (Lipinski definition) is 3. The predicted octanol–water partition coefficient (Wildman–Crippen LogP) is 2.25. The van der Waals surface area contributed by atoms with Gasteiger partial charge in [-0.2, -0.15) is 11.8 Å². The molecular weight excluding hydrogens is 332 g/mol. The molecule has 1 aromatic carbocycles. The van der Waals surface area contributed by atoms with Gasteiger partial charge in [0.25, 0.3) is 0 Å². The van der Waals surface area contributed by atoms with E-state index in [0.29, 0.717) is 5.96 Å². The summed E-state index contributed by atoms with van der Waals surface area (Å²) >= 11 is 1.89. The Morgan fingerprint density at radius 3 is 2.80 bits per heavy atom. The number of nitrogens with two attached hydrogens (primary N) is 1. The van der Waals surface area contributed by atoms with Gasteiger partial charge >= 0.3 is 0 Å². The maximum atomic E-state index is 5.88. The molecule has 1 aromatic heterocycles. The third kappa shape index (κ3) is 7.51. The van der Waals surface area contributed by atoms with Gasteiger partial charge in [-0.05, 0) is 30.5 Å². The van der Waals surface area contributed by atoms with Crippen molar-refractivity contribution in [1.82, 2.24) is 15.3 Å². The highest BCUT2D eigenvalue weighted by Crippen LogP contribution is 2.16. The predicted molar refractivity (Wildman–Crippen MR) is 108 cm³/mol. The molecule has 0 fully saturated rings. The summed E-state index contributed by atoms with van der Waals surface area (Å²) < 4.78 is 0. The second-order valence-corrected chi connectivity index (χ2v) is 7.09. The minimum Gasteiger partial charge on any atom is -0.378 e. The fraction of sp³-hybridized carbons (Fsp3) is 0.444. The summed E-state index contributed by atoms with van der Waals surface area (Å²) in [7, 11) is 4.11. The molecule has 0 amide bonds. The number of aromatic nitrogens is 2. The SMILES string of the molecule is CN(C)c1ccc(CSCCNC(N)=NCCCc2cnc[nH]2)cc1. The number of aryl methyl sites for hydroxylation is 1. The van der Waals surface area contributed by atoms with Crippen molar-refractivity contribution in [2.75, 3.05) is 37.8 Å². The van der Waals surface area contributed by atoms with Gasteiger partial charge in [-0.25, -0.2) is 4.98 Å². The lowest BCUT2D eigenvalue weighted by Gasteiger charge is -2.12. The molecular formula is C18H28N6S. The second kappa shape index (κ2) is 10.7. The summed E-state index contributed by atoms with van der Waals surface area (Å²) in [4.78, 5) is 13.5. The molecule has 25 heavy (non-hydrogen) atoms. The number of thioether (sulfide) groups is 1. The van der Waals surface area contributed by atoms with E-state index in [0.717, 1.165) is 43.1 Å². The first-order chi connectivity index (χ1) is 12.1. The zero-order chi connectivity index (χ0) is 17.9. The molecule has 7 heteroatoms. The maximum Gasteiger partial charge on any atom is 0.188 e. The van der Waals surface area contributed by atoms with E-state index in [1.54, 1.807) is 6.33 Å². The van der Waals surface area contributed by atoms with Crippen molar-refractivity contribution in [3.8, 4) is 0 Å². The number of imidazole rings is 1. The Morgan fingerprint density at radius 1 is 1.32 bits per heavy atom. The summed E-state index contributed by atoms with van der Waals surface area (Å²) in [5.41, 5.74) is 9.58. The molecule has 0 aliphatic heterocycles. The molecule has 0 aliphatic rings. The van der Waals surface area contributed by atoms with Crippen LogP contribution < -0.4 is 16.0 Å². The van der Waals surface area contributed by atoms with Crippen LogP contribution in [0.4, 0.5) is 5.69 Å². The van der Waals surface area contributed by atoms with Gasteiger partial charge in [0.15, 0.2) is 5.96 Å². The summed E-state index contributed by atoms with van der Waals surface area (Å²) in [5.74, 6) is 2.54. The number of anilines is 1. The van der Waals surface area contributed by atoms with Crippen LogP contribution in [0.5, 0.6) is 0 Å². The first kappa shape index (κ1) is 19.2. The Morgan fingerprint density at radius 2 is 2.12 bits per heavy atom. The van der Waals surface area contributed by atoms with Crippen LogP contribution in [-0.4, -0.2) is 48.9 Å². The molecule has 0 aliphatic carbocycles. The van der Waals surface area contributed by atoms with E-state index in [-0.39, 0.29) is 0 Å².